The van der Waals surface area contributed by atoms with Crippen LogP contribution < -0.4 is 0 Å². The molecule has 3 nitrogen and oxygen atoms in total. The molecule has 3 rings (SSSR count). The molecule has 3 aromatic rings. The fourth-order valence-electron chi connectivity index (χ4n) is 2.69. The summed E-state index contributed by atoms with van der Waals surface area (Å²) in [6.45, 7) is 8.11. The van der Waals surface area contributed by atoms with Crippen molar-refractivity contribution < 1.29 is 0 Å². The van der Waals surface area contributed by atoms with Crippen molar-refractivity contribution in [2.24, 2.45) is 9.98 Å². The molecule has 0 unspecified atom stereocenters. The lowest BCUT2D eigenvalue weighted by molar-refractivity contribution is 1.23. The first kappa shape index (κ1) is 17.7. The molecule has 1 aromatic heterocycles. The van der Waals surface area contributed by atoms with Crippen molar-refractivity contribution in [1.82, 2.24) is 4.98 Å². The summed E-state index contributed by atoms with van der Waals surface area (Å²) in [5.74, 6) is 0. The van der Waals surface area contributed by atoms with Gasteiger partial charge in [-0.1, -0.05) is 42.5 Å². The largest absolute Gasteiger partial charge is 0.251 e. The van der Waals surface area contributed by atoms with Gasteiger partial charge in [0.2, 0.25) is 0 Å². The van der Waals surface area contributed by atoms with Gasteiger partial charge >= 0.3 is 0 Å². The highest BCUT2D eigenvalue weighted by Gasteiger charge is 2.06. The average molecular weight is 341 g/mol. The number of nitrogens with zero attached hydrogens (tertiary/aromatic N) is 3. The molecule has 0 radical (unpaired) electrons. The highest BCUT2D eigenvalue weighted by molar-refractivity contribution is 6.02. The minimum Gasteiger partial charge on any atom is -0.251 e. The second-order valence-corrected chi connectivity index (χ2v) is 6.38. The van der Waals surface area contributed by atoms with E-state index in [1.165, 1.54) is 0 Å². The van der Waals surface area contributed by atoms with Crippen LogP contribution in [-0.4, -0.2) is 16.4 Å². The number of aromatic nitrogens is 1. The number of hydrogen-bond acceptors (Lipinski definition) is 3. The quantitative estimate of drug-likeness (QED) is 0.538. The van der Waals surface area contributed by atoms with E-state index < -0.39 is 0 Å². The van der Waals surface area contributed by atoms with Gasteiger partial charge in [0, 0.05) is 0 Å². The van der Waals surface area contributed by atoms with Crippen molar-refractivity contribution in [3.63, 3.8) is 0 Å². The van der Waals surface area contributed by atoms with E-state index in [1.807, 2.05) is 68.4 Å². The summed E-state index contributed by atoms with van der Waals surface area (Å²) >= 11 is 0. The SMILES string of the molecule is C/C(=N\c1ccccc1C)c1cccc(/C(C)=N/c2ccccc2C)n1. The summed E-state index contributed by atoms with van der Waals surface area (Å²) < 4.78 is 0. The molecule has 0 atom stereocenters. The zero-order valence-electron chi connectivity index (χ0n) is 15.7. The molecular weight excluding hydrogens is 318 g/mol. The molecule has 26 heavy (non-hydrogen) atoms. The van der Waals surface area contributed by atoms with Crippen LogP contribution in [0.4, 0.5) is 11.4 Å². The van der Waals surface area contributed by atoms with Crippen LogP contribution >= 0.6 is 0 Å². The Morgan fingerprint density at radius 1 is 0.615 bits per heavy atom. The van der Waals surface area contributed by atoms with Crippen molar-refractivity contribution in [3.05, 3.63) is 89.2 Å². The summed E-state index contributed by atoms with van der Waals surface area (Å²) in [7, 11) is 0. The first-order valence-electron chi connectivity index (χ1n) is 8.74. The Morgan fingerprint density at radius 3 is 1.46 bits per heavy atom. The summed E-state index contributed by atoms with van der Waals surface area (Å²) in [5.41, 5.74) is 7.77. The van der Waals surface area contributed by atoms with E-state index >= 15 is 0 Å². The van der Waals surface area contributed by atoms with Crippen LogP contribution in [0.5, 0.6) is 0 Å². The number of pyridine rings is 1. The van der Waals surface area contributed by atoms with Crippen LogP contribution in [0.1, 0.15) is 36.4 Å². The molecule has 3 heteroatoms. The first-order valence-corrected chi connectivity index (χ1v) is 8.74. The monoisotopic (exact) mass is 341 g/mol. The smallest absolute Gasteiger partial charge is 0.0849 e. The van der Waals surface area contributed by atoms with E-state index in [4.69, 9.17) is 15.0 Å². The fraction of sp³-hybridized carbons (Fsp3) is 0.174. The first-order chi connectivity index (χ1) is 12.5. The standard InChI is InChI=1S/C23H23N3/c1-16-10-5-7-12-20(16)24-18(3)22-14-9-15-23(26-22)19(4)25-21-13-8-6-11-17(21)2/h5-15H,1-4H3/b24-18+,25-19+. The topological polar surface area (TPSA) is 37.6 Å². The van der Waals surface area contributed by atoms with Crippen LogP contribution in [-0.2, 0) is 0 Å². The Bertz CT molecular complexity index is 907. The maximum atomic E-state index is 4.76. The summed E-state index contributed by atoms with van der Waals surface area (Å²) in [6.07, 6.45) is 0. The lowest BCUT2D eigenvalue weighted by Gasteiger charge is -2.07. The van der Waals surface area contributed by atoms with E-state index in [9.17, 15) is 0 Å². The highest BCUT2D eigenvalue weighted by atomic mass is 14.8. The molecule has 0 saturated heterocycles. The number of aryl methyl sites for hydroxylation is 2. The summed E-state index contributed by atoms with van der Waals surface area (Å²) in [5, 5.41) is 0. The summed E-state index contributed by atoms with van der Waals surface area (Å²) in [4.78, 5) is 14.2. The average Bonchev–Trinajstić information content (AvgIpc) is 2.65. The number of benzene rings is 2. The lowest BCUT2D eigenvalue weighted by Crippen LogP contribution is -2.05. The molecule has 130 valence electrons. The molecule has 0 saturated carbocycles. The third kappa shape index (κ3) is 4.12. The van der Waals surface area contributed by atoms with Crippen molar-refractivity contribution in [2.45, 2.75) is 27.7 Å². The maximum Gasteiger partial charge on any atom is 0.0849 e. The van der Waals surface area contributed by atoms with Crippen LogP contribution in [0.25, 0.3) is 0 Å². The third-order valence-electron chi connectivity index (χ3n) is 4.30. The predicted molar refractivity (Wildman–Crippen MR) is 110 cm³/mol. The Morgan fingerprint density at radius 2 is 1.04 bits per heavy atom. The van der Waals surface area contributed by atoms with Gasteiger partial charge in [-0.05, 0) is 63.1 Å². The van der Waals surface area contributed by atoms with Gasteiger partial charge < -0.3 is 0 Å². The van der Waals surface area contributed by atoms with E-state index in [0.717, 1.165) is 45.3 Å². The normalized spacial score (nSPS) is 12.3. The van der Waals surface area contributed by atoms with Gasteiger partial charge in [0.05, 0.1) is 34.2 Å². The molecule has 0 fully saturated rings. The van der Waals surface area contributed by atoms with Crippen LogP contribution in [0.3, 0.4) is 0 Å². The Balaban J connectivity index is 1.93. The zero-order valence-corrected chi connectivity index (χ0v) is 15.7. The van der Waals surface area contributed by atoms with E-state index in [-0.39, 0.29) is 0 Å². The number of aliphatic imine (C=N–C) groups is 2. The number of para-hydroxylation sites is 2. The molecular formula is C23H23N3. The van der Waals surface area contributed by atoms with Gasteiger partial charge in [-0.3, -0.25) is 9.98 Å². The van der Waals surface area contributed by atoms with Gasteiger partial charge in [0.1, 0.15) is 0 Å². The van der Waals surface area contributed by atoms with Crippen LogP contribution in [0.15, 0.2) is 76.7 Å². The third-order valence-corrected chi connectivity index (χ3v) is 4.30. The van der Waals surface area contributed by atoms with Crippen LogP contribution in [0.2, 0.25) is 0 Å². The van der Waals surface area contributed by atoms with Crippen molar-refractivity contribution >= 4 is 22.8 Å². The van der Waals surface area contributed by atoms with E-state index in [1.54, 1.807) is 0 Å². The van der Waals surface area contributed by atoms with Gasteiger partial charge in [0.25, 0.3) is 0 Å². The molecule has 0 amide bonds. The van der Waals surface area contributed by atoms with Crippen LogP contribution in [0, 0.1) is 13.8 Å². The summed E-state index contributed by atoms with van der Waals surface area (Å²) in [6, 6.07) is 22.2. The Kier molecular flexibility index (Phi) is 5.37. The van der Waals surface area contributed by atoms with Crippen molar-refractivity contribution in [3.8, 4) is 0 Å². The minimum atomic E-state index is 0.866. The van der Waals surface area contributed by atoms with E-state index in [0.29, 0.717) is 0 Å². The second-order valence-electron chi connectivity index (χ2n) is 6.38. The highest BCUT2D eigenvalue weighted by Crippen LogP contribution is 2.20. The molecule has 2 aromatic carbocycles. The molecule has 0 aliphatic carbocycles. The molecule has 0 aliphatic heterocycles. The predicted octanol–water partition coefficient (Wildman–Crippen LogP) is 5.98. The van der Waals surface area contributed by atoms with Gasteiger partial charge in [-0.25, -0.2) is 4.98 Å². The van der Waals surface area contributed by atoms with Gasteiger partial charge in [0.15, 0.2) is 0 Å². The molecule has 0 spiro atoms. The Hall–Kier alpha value is -3.07. The molecule has 0 aliphatic rings. The molecule has 0 N–H and O–H groups in total. The fourth-order valence-corrected chi connectivity index (χ4v) is 2.69. The molecule has 0 bridgehead atoms. The zero-order chi connectivity index (χ0) is 18.5. The van der Waals surface area contributed by atoms with Crippen molar-refractivity contribution in [1.29, 1.82) is 0 Å². The second kappa shape index (κ2) is 7.87. The number of hydrogen-bond donors (Lipinski definition) is 0. The Labute approximate surface area is 155 Å². The lowest BCUT2D eigenvalue weighted by atomic mass is 10.1. The minimum absolute atomic E-state index is 0.866. The van der Waals surface area contributed by atoms with Crippen molar-refractivity contribution in [2.75, 3.05) is 0 Å². The maximum absolute atomic E-state index is 4.76. The molecule has 1 heterocycles. The van der Waals surface area contributed by atoms with Gasteiger partial charge in [-0.2, -0.15) is 0 Å². The van der Waals surface area contributed by atoms with E-state index in [2.05, 4.69) is 26.0 Å². The number of rotatable bonds is 4. The van der Waals surface area contributed by atoms with Gasteiger partial charge in [-0.15, -0.1) is 0 Å².